The zero-order chi connectivity index (χ0) is 12.1. The molecule has 2 rings (SSSR count). The average molecular weight is 228 g/mol. The molecule has 17 heavy (non-hydrogen) atoms. The Morgan fingerprint density at radius 3 is 2.94 bits per heavy atom. The van der Waals surface area contributed by atoms with Crippen molar-refractivity contribution in [2.75, 3.05) is 12.3 Å². The van der Waals surface area contributed by atoms with E-state index in [1.807, 2.05) is 43.5 Å². The van der Waals surface area contributed by atoms with Crippen LogP contribution in [0, 0.1) is 6.92 Å². The van der Waals surface area contributed by atoms with Gasteiger partial charge in [-0.1, -0.05) is 12.1 Å². The lowest BCUT2D eigenvalue weighted by Crippen LogP contribution is -2.03. The predicted molar refractivity (Wildman–Crippen MR) is 69.0 cm³/mol. The van der Waals surface area contributed by atoms with Crippen molar-refractivity contribution in [1.82, 2.24) is 4.98 Å². The molecule has 0 radical (unpaired) electrons. The van der Waals surface area contributed by atoms with Crippen LogP contribution in [0.15, 0.2) is 42.7 Å². The number of hydrogen-bond acceptors (Lipinski definition) is 3. The number of aromatic nitrogens is 1. The summed E-state index contributed by atoms with van der Waals surface area (Å²) in [6.45, 7) is 2.63. The molecule has 1 aromatic heterocycles. The lowest BCUT2D eigenvalue weighted by atomic mass is 10.2. The number of nitrogen functional groups attached to an aromatic ring is 1. The van der Waals surface area contributed by atoms with Gasteiger partial charge >= 0.3 is 0 Å². The summed E-state index contributed by atoms with van der Waals surface area (Å²) in [6.07, 6.45) is 4.45. The molecule has 0 saturated heterocycles. The number of benzene rings is 1. The number of aryl methyl sites for hydroxylation is 1. The zero-order valence-corrected chi connectivity index (χ0v) is 9.89. The summed E-state index contributed by atoms with van der Waals surface area (Å²) in [7, 11) is 0. The molecule has 0 bridgehead atoms. The maximum atomic E-state index is 5.83. The number of nitrogens with two attached hydrogens (primary N) is 1. The smallest absolute Gasteiger partial charge is 0.142 e. The molecule has 2 N–H and O–H groups in total. The fourth-order valence-electron chi connectivity index (χ4n) is 1.59. The van der Waals surface area contributed by atoms with E-state index in [2.05, 4.69) is 4.98 Å². The standard InChI is InChI=1S/C14H16N2O/c1-11-4-5-13(15)14(9-11)17-8-6-12-3-2-7-16-10-12/h2-5,7,9-10H,6,8,15H2,1H3. The Morgan fingerprint density at radius 2 is 2.18 bits per heavy atom. The van der Waals surface area contributed by atoms with Crippen molar-refractivity contribution in [3.05, 3.63) is 53.9 Å². The maximum Gasteiger partial charge on any atom is 0.142 e. The van der Waals surface area contributed by atoms with Gasteiger partial charge in [-0.15, -0.1) is 0 Å². The highest BCUT2D eigenvalue weighted by Crippen LogP contribution is 2.22. The number of ether oxygens (including phenoxy) is 1. The van der Waals surface area contributed by atoms with Crippen molar-refractivity contribution in [3.8, 4) is 5.75 Å². The van der Waals surface area contributed by atoms with Crippen LogP contribution < -0.4 is 10.5 Å². The third-order valence-electron chi connectivity index (χ3n) is 2.54. The molecule has 0 atom stereocenters. The fraction of sp³-hybridized carbons (Fsp3) is 0.214. The fourth-order valence-corrected chi connectivity index (χ4v) is 1.59. The largest absolute Gasteiger partial charge is 0.491 e. The molecule has 1 heterocycles. The third-order valence-corrected chi connectivity index (χ3v) is 2.54. The van der Waals surface area contributed by atoms with Crippen LogP contribution in [0.4, 0.5) is 5.69 Å². The normalized spacial score (nSPS) is 10.2. The van der Waals surface area contributed by atoms with Crippen LogP contribution in [-0.4, -0.2) is 11.6 Å². The van der Waals surface area contributed by atoms with Gasteiger partial charge in [-0.2, -0.15) is 0 Å². The predicted octanol–water partition coefficient (Wildman–Crippen LogP) is 2.59. The first-order valence-corrected chi connectivity index (χ1v) is 5.63. The maximum absolute atomic E-state index is 5.83. The van der Waals surface area contributed by atoms with Gasteiger partial charge in [-0.3, -0.25) is 4.98 Å². The van der Waals surface area contributed by atoms with Gasteiger partial charge in [-0.05, 0) is 36.2 Å². The molecule has 3 nitrogen and oxygen atoms in total. The summed E-state index contributed by atoms with van der Waals surface area (Å²) in [4.78, 5) is 4.06. The van der Waals surface area contributed by atoms with Gasteiger partial charge in [0, 0.05) is 18.8 Å². The molecule has 0 aliphatic rings. The Labute approximate surface area is 101 Å². The van der Waals surface area contributed by atoms with E-state index in [1.165, 1.54) is 5.56 Å². The van der Waals surface area contributed by atoms with Gasteiger partial charge in [0.25, 0.3) is 0 Å². The van der Waals surface area contributed by atoms with E-state index >= 15 is 0 Å². The lowest BCUT2D eigenvalue weighted by Gasteiger charge is -2.09. The molecule has 0 amide bonds. The quantitative estimate of drug-likeness (QED) is 0.818. The number of hydrogen-bond donors (Lipinski definition) is 1. The summed E-state index contributed by atoms with van der Waals surface area (Å²) in [6, 6.07) is 9.77. The van der Waals surface area contributed by atoms with E-state index in [0.717, 1.165) is 17.7 Å². The second-order valence-electron chi connectivity index (χ2n) is 4.00. The van der Waals surface area contributed by atoms with Gasteiger partial charge in [0.15, 0.2) is 0 Å². The average Bonchev–Trinajstić information content (AvgIpc) is 2.35. The van der Waals surface area contributed by atoms with Gasteiger partial charge in [0.1, 0.15) is 5.75 Å². The number of anilines is 1. The van der Waals surface area contributed by atoms with E-state index in [1.54, 1.807) is 6.20 Å². The van der Waals surface area contributed by atoms with Crippen LogP contribution in [0.3, 0.4) is 0 Å². The highest BCUT2D eigenvalue weighted by atomic mass is 16.5. The third kappa shape index (κ3) is 3.21. The topological polar surface area (TPSA) is 48.1 Å². The summed E-state index contributed by atoms with van der Waals surface area (Å²) < 4.78 is 5.67. The van der Waals surface area contributed by atoms with Crippen molar-refractivity contribution < 1.29 is 4.74 Å². The second kappa shape index (κ2) is 5.34. The molecule has 0 unspecified atom stereocenters. The van der Waals surface area contributed by atoms with E-state index < -0.39 is 0 Å². The van der Waals surface area contributed by atoms with E-state index in [0.29, 0.717) is 12.3 Å². The van der Waals surface area contributed by atoms with Gasteiger partial charge in [0.05, 0.1) is 12.3 Å². The van der Waals surface area contributed by atoms with Crippen LogP contribution in [0.5, 0.6) is 5.75 Å². The molecule has 0 aliphatic heterocycles. The molecule has 0 aliphatic carbocycles. The monoisotopic (exact) mass is 228 g/mol. The lowest BCUT2D eigenvalue weighted by molar-refractivity contribution is 0.323. The minimum Gasteiger partial charge on any atom is -0.491 e. The highest BCUT2D eigenvalue weighted by Gasteiger charge is 2.00. The molecule has 0 saturated carbocycles. The number of pyridine rings is 1. The van der Waals surface area contributed by atoms with Crippen LogP contribution >= 0.6 is 0 Å². The Balaban J connectivity index is 1.92. The van der Waals surface area contributed by atoms with Gasteiger partial charge in [-0.25, -0.2) is 0 Å². The van der Waals surface area contributed by atoms with E-state index in [9.17, 15) is 0 Å². The molecule has 88 valence electrons. The van der Waals surface area contributed by atoms with E-state index in [-0.39, 0.29) is 0 Å². The molecule has 2 aromatic rings. The molecule has 3 heteroatoms. The SMILES string of the molecule is Cc1ccc(N)c(OCCc2cccnc2)c1. The van der Waals surface area contributed by atoms with Gasteiger partial charge < -0.3 is 10.5 Å². The first-order chi connectivity index (χ1) is 8.25. The summed E-state index contributed by atoms with van der Waals surface area (Å²) >= 11 is 0. The van der Waals surface area contributed by atoms with Crippen LogP contribution in [-0.2, 0) is 6.42 Å². The van der Waals surface area contributed by atoms with Crippen molar-refractivity contribution in [2.45, 2.75) is 13.3 Å². The molecule has 0 spiro atoms. The van der Waals surface area contributed by atoms with Crippen molar-refractivity contribution in [3.63, 3.8) is 0 Å². The second-order valence-corrected chi connectivity index (χ2v) is 4.00. The molecule has 0 fully saturated rings. The molecular weight excluding hydrogens is 212 g/mol. The summed E-state index contributed by atoms with van der Waals surface area (Å²) in [5.74, 6) is 0.758. The summed E-state index contributed by atoms with van der Waals surface area (Å²) in [5.41, 5.74) is 8.83. The van der Waals surface area contributed by atoms with Crippen molar-refractivity contribution in [2.24, 2.45) is 0 Å². The Kier molecular flexibility index (Phi) is 3.60. The minimum atomic E-state index is 0.610. The van der Waals surface area contributed by atoms with Gasteiger partial charge in [0.2, 0.25) is 0 Å². The van der Waals surface area contributed by atoms with Crippen LogP contribution in [0.25, 0.3) is 0 Å². The first kappa shape index (κ1) is 11.5. The minimum absolute atomic E-state index is 0.610. The van der Waals surface area contributed by atoms with Crippen LogP contribution in [0.2, 0.25) is 0 Å². The molecule has 1 aromatic carbocycles. The first-order valence-electron chi connectivity index (χ1n) is 5.63. The number of nitrogens with zero attached hydrogens (tertiary/aromatic N) is 1. The molecular formula is C14H16N2O. The zero-order valence-electron chi connectivity index (χ0n) is 9.89. The van der Waals surface area contributed by atoms with Crippen molar-refractivity contribution in [1.29, 1.82) is 0 Å². The highest BCUT2D eigenvalue weighted by molar-refractivity contribution is 5.53. The Morgan fingerprint density at radius 1 is 1.29 bits per heavy atom. The van der Waals surface area contributed by atoms with Crippen molar-refractivity contribution >= 4 is 5.69 Å². The van der Waals surface area contributed by atoms with E-state index in [4.69, 9.17) is 10.5 Å². The Hall–Kier alpha value is -2.03. The summed E-state index contributed by atoms with van der Waals surface area (Å²) in [5, 5.41) is 0. The Bertz CT molecular complexity index is 483. The number of rotatable bonds is 4. The van der Waals surface area contributed by atoms with Crippen LogP contribution in [0.1, 0.15) is 11.1 Å².